The summed E-state index contributed by atoms with van der Waals surface area (Å²) in [5, 5.41) is 14.9. The first kappa shape index (κ1) is 20.8. The number of carboxylic acids is 1. The second kappa shape index (κ2) is 9.13. The van der Waals surface area contributed by atoms with E-state index in [0.29, 0.717) is 6.42 Å². The van der Waals surface area contributed by atoms with E-state index >= 15 is 0 Å². The predicted octanol–water partition coefficient (Wildman–Crippen LogP) is 6.82. The number of rotatable bonds is 9. The van der Waals surface area contributed by atoms with Crippen LogP contribution in [0.15, 0.2) is 76.3 Å². The van der Waals surface area contributed by atoms with Crippen LogP contribution in [0.5, 0.6) is 0 Å². The van der Waals surface area contributed by atoms with E-state index < -0.39 is 17.9 Å². The maximum Gasteiger partial charge on any atom is 0.306 e. The molecule has 1 heterocycles. The van der Waals surface area contributed by atoms with Gasteiger partial charge in [-0.2, -0.15) is 4.91 Å². The number of hydrogen-bond acceptors (Lipinski definition) is 4. The maximum absolute atomic E-state index is 11.9. The van der Waals surface area contributed by atoms with Gasteiger partial charge in [0.1, 0.15) is 17.2 Å². The van der Waals surface area contributed by atoms with Gasteiger partial charge in [0.05, 0.1) is 5.92 Å². The summed E-state index contributed by atoms with van der Waals surface area (Å²) in [7, 11) is 0. The second-order valence-electron chi connectivity index (χ2n) is 8.12. The third-order valence-corrected chi connectivity index (χ3v) is 5.91. The average Bonchev–Trinajstić information content (AvgIpc) is 3.15. The Morgan fingerprint density at radius 3 is 2.48 bits per heavy atom. The topological polar surface area (TPSA) is 79.9 Å². The van der Waals surface area contributed by atoms with Gasteiger partial charge in [0.2, 0.25) is 0 Å². The number of benzene rings is 3. The van der Waals surface area contributed by atoms with Crippen LogP contribution in [0.2, 0.25) is 0 Å². The Labute approximate surface area is 180 Å². The molecule has 1 aromatic heterocycles. The number of nitroso groups, excluding NO2 is 1. The zero-order valence-electron chi connectivity index (χ0n) is 17.5. The fourth-order valence-electron chi connectivity index (χ4n) is 4.11. The molecule has 158 valence electrons. The fraction of sp³-hybridized carbons (Fsp3) is 0.269. The number of aliphatic carboxylic acids is 1. The molecule has 0 saturated heterocycles. The number of hydrogen-bond donors (Lipinski definition) is 1. The molecule has 2 atom stereocenters. The lowest BCUT2D eigenvalue weighted by Gasteiger charge is -2.16. The molecule has 0 aliphatic heterocycles. The van der Waals surface area contributed by atoms with Crippen LogP contribution >= 0.6 is 0 Å². The molecule has 5 nitrogen and oxygen atoms in total. The Morgan fingerprint density at radius 2 is 1.74 bits per heavy atom. The lowest BCUT2D eigenvalue weighted by molar-refractivity contribution is -0.142. The zero-order chi connectivity index (χ0) is 21.8. The monoisotopic (exact) mass is 415 g/mol. The number of fused-ring (bicyclic) bond motifs is 3. The van der Waals surface area contributed by atoms with Crippen molar-refractivity contribution in [2.24, 2.45) is 11.1 Å². The molecule has 0 spiro atoms. The van der Waals surface area contributed by atoms with E-state index in [1.165, 1.54) is 11.1 Å². The van der Waals surface area contributed by atoms with Gasteiger partial charge < -0.3 is 9.52 Å². The summed E-state index contributed by atoms with van der Waals surface area (Å²) in [6.45, 7) is 2.04. The third-order valence-electron chi connectivity index (χ3n) is 5.91. The first-order chi connectivity index (χ1) is 15.0. The first-order valence-electron chi connectivity index (χ1n) is 10.6. The molecule has 4 aromatic rings. The largest absolute Gasteiger partial charge is 0.481 e. The summed E-state index contributed by atoms with van der Waals surface area (Å²) in [5.41, 5.74) is 4.64. The highest BCUT2D eigenvalue weighted by Crippen LogP contribution is 2.34. The van der Waals surface area contributed by atoms with Gasteiger partial charge in [-0.3, -0.25) is 4.79 Å². The van der Waals surface area contributed by atoms with Crippen molar-refractivity contribution in [2.45, 2.75) is 38.6 Å². The number of carboxylic acid groups (broad SMARTS) is 1. The van der Waals surface area contributed by atoms with Gasteiger partial charge >= 0.3 is 5.97 Å². The molecule has 0 bridgehead atoms. The maximum atomic E-state index is 11.9. The molecular weight excluding hydrogens is 390 g/mol. The summed E-state index contributed by atoms with van der Waals surface area (Å²) in [5.74, 6) is -1.50. The number of carbonyl (C=O) groups is 1. The highest BCUT2D eigenvalue weighted by molar-refractivity contribution is 6.05. The summed E-state index contributed by atoms with van der Waals surface area (Å²) in [4.78, 5) is 23.5. The van der Waals surface area contributed by atoms with E-state index in [9.17, 15) is 14.8 Å². The van der Waals surface area contributed by atoms with E-state index in [2.05, 4.69) is 29.4 Å². The van der Waals surface area contributed by atoms with Crippen molar-refractivity contribution >= 4 is 27.9 Å². The van der Waals surface area contributed by atoms with Crippen molar-refractivity contribution in [3.8, 4) is 0 Å². The minimum absolute atomic E-state index is 0.189. The van der Waals surface area contributed by atoms with Crippen molar-refractivity contribution in [1.29, 1.82) is 0 Å². The Kier molecular flexibility index (Phi) is 6.12. The molecular formula is C26H25NO4. The zero-order valence-corrected chi connectivity index (χ0v) is 17.5. The van der Waals surface area contributed by atoms with Crippen LogP contribution in [0.1, 0.15) is 42.0 Å². The van der Waals surface area contributed by atoms with Crippen molar-refractivity contribution in [3.63, 3.8) is 0 Å². The van der Waals surface area contributed by atoms with Gasteiger partial charge in [-0.1, -0.05) is 59.3 Å². The fourth-order valence-corrected chi connectivity index (χ4v) is 4.11. The first-order valence-corrected chi connectivity index (χ1v) is 10.6. The van der Waals surface area contributed by atoms with Crippen LogP contribution in [-0.2, 0) is 11.2 Å². The van der Waals surface area contributed by atoms with Crippen LogP contribution in [0.25, 0.3) is 21.9 Å². The molecule has 0 radical (unpaired) electrons. The molecule has 0 amide bonds. The van der Waals surface area contributed by atoms with Crippen LogP contribution in [0.4, 0.5) is 0 Å². The van der Waals surface area contributed by atoms with E-state index in [1.54, 1.807) is 0 Å². The Bertz CT molecular complexity index is 1210. The van der Waals surface area contributed by atoms with Crippen molar-refractivity contribution in [1.82, 2.24) is 0 Å². The van der Waals surface area contributed by atoms with Gasteiger partial charge in [-0.25, -0.2) is 0 Å². The lowest BCUT2D eigenvalue weighted by atomic mass is 9.90. The third kappa shape index (κ3) is 4.66. The summed E-state index contributed by atoms with van der Waals surface area (Å²) in [6.07, 6.45) is 2.26. The Morgan fingerprint density at radius 1 is 1.00 bits per heavy atom. The highest BCUT2D eigenvalue weighted by atomic mass is 16.4. The molecule has 3 aromatic carbocycles. The Hall–Kier alpha value is -3.47. The van der Waals surface area contributed by atoms with Crippen molar-refractivity contribution in [2.75, 3.05) is 0 Å². The van der Waals surface area contributed by atoms with Crippen molar-refractivity contribution in [3.05, 3.63) is 88.3 Å². The molecule has 5 heteroatoms. The Balaban J connectivity index is 1.49. The molecule has 0 aliphatic rings. The van der Waals surface area contributed by atoms with Crippen LogP contribution in [0, 0.1) is 17.7 Å². The van der Waals surface area contributed by atoms with E-state index in [0.717, 1.165) is 40.3 Å². The lowest BCUT2D eigenvalue weighted by Crippen LogP contribution is -2.17. The molecule has 31 heavy (non-hydrogen) atoms. The summed E-state index contributed by atoms with van der Waals surface area (Å²) >= 11 is 0. The summed E-state index contributed by atoms with van der Waals surface area (Å²) < 4.78 is 5.84. The summed E-state index contributed by atoms with van der Waals surface area (Å²) in [6, 6.07) is 20.8. The number of para-hydroxylation sites is 1. The minimum atomic E-state index is -0.882. The SMILES string of the molecule is Cc1ccc(CCCC(CC(N=O)c2ccc3oc4ccccc4c3c2)C(=O)O)cc1. The average molecular weight is 415 g/mol. The minimum Gasteiger partial charge on any atom is -0.481 e. The quantitative estimate of drug-likeness (QED) is 0.304. The van der Waals surface area contributed by atoms with Crippen LogP contribution in [-0.4, -0.2) is 11.1 Å². The van der Waals surface area contributed by atoms with Crippen LogP contribution in [0.3, 0.4) is 0 Å². The molecule has 4 rings (SSSR count). The molecule has 0 aliphatic carbocycles. The highest BCUT2D eigenvalue weighted by Gasteiger charge is 2.25. The van der Waals surface area contributed by atoms with Gasteiger partial charge in [-0.05, 0) is 61.9 Å². The molecule has 1 N–H and O–H groups in total. The molecule has 0 fully saturated rings. The van der Waals surface area contributed by atoms with E-state index in [1.807, 2.05) is 49.4 Å². The smallest absolute Gasteiger partial charge is 0.306 e. The van der Waals surface area contributed by atoms with Gasteiger partial charge in [0.25, 0.3) is 0 Å². The van der Waals surface area contributed by atoms with Gasteiger partial charge in [0.15, 0.2) is 0 Å². The van der Waals surface area contributed by atoms with Crippen molar-refractivity contribution < 1.29 is 14.3 Å². The molecule has 0 saturated carbocycles. The standard InChI is InChI=1S/C26H25NO4/c1-17-9-11-18(12-10-17)5-4-6-20(26(28)29)16-23(27-30)19-13-14-25-22(15-19)21-7-2-3-8-24(21)31-25/h2-3,7-15,20,23H,4-6,16H2,1H3,(H,28,29). The predicted molar refractivity (Wildman–Crippen MR) is 122 cm³/mol. The molecule has 2 unspecified atom stereocenters. The second-order valence-corrected chi connectivity index (χ2v) is 8.12. The van der Waals surface area contributed by atoms with Gasteiger partial charge in [-0.15, -0.1) is 0 Å². The number of nitrogens with zero attached hydrogens (tertiary/aromatic N) is 1. The number of aryl methyl sites for hydroxylation is 2. The van der Waals surface area contributed by atoms with Crippen LogP contribution < -0.4 is 0 Å². The van der Waals surface area contributed by atoms with E-state index in [-0.39, 0.29) is 6.42 Å². The number of furan rings is 1. The van der Waals surface area contributed by atoms with E-state index in [4.69, 9.17) is 4.42 Å². The normalized spacial score (nSPS) is 13.3. The van der Waals surface area contributed by atoms with Gasteiger partial charge in [0, 0.05) is 10.8 Å².